The first kappa shape index (κ1) is 63.6. The molecule has 0 fully saturated rings. The fourth-order valence-electron chi connectivity index (χ4n) is 8.54. The van der Waals surface area contributed by atoms with Gasteiger partial charge in [0.15, 0.2) is 0 Å². The number of carbonyl (C=O) groups is 8. The van der Waals surface area contributed by atoms with Crippen LogP contribution in [0.15, 0.2) is 48.5 Å². The summed E-state index contributed by atoms with van der Waals surface area (Å²) in [7, 11) is 0. The second kappa shape index (κ2) is 18.8. The van der Waals surface area contributed by atoms with Crippen molar-refractivity contribution in [3.63, 3.8) is 0 Å². The Kier molecular flexibility index (Phi) is 14.2. The first-order valence-corrected chi connectivity index (χ1v) is 21.5. The summed E-state index contributed by atoms with van der Waals surface area (Å²) in [5, 5.41) is -3.02. The number of nitrogens with zero attached hydrogens (tertiary/aromatic N) is 4. The molecule has 4 aromatic carbocycles. The van der Waals surface area contributed by atoms with Crippen LogP contribution in [0.5, 0.6) is 0 Å². The maximum absolute atomic E-state index is 14.0. The lowest BCUT2D eigenvalue weighted by molar-refractivity contribution is -0.354. The van der Waals surface area contributed by atoms with Crippen LogP contribution < -0.4 is 0 Å². The highest BCUT2D eigenvalue weighted by atomic mass is 19.5. The number of amides is 8. The van der Waals surface area contributed by atoms with Gasteiger partial charge in [-0.2, -0.15) is 123 Å². The summed E-state index contributed by atoms with van der Waals surface area (Å²) in [6, 6.07) is 3.90. The molecule has 8 rings (SSSR count). The van der Waals surface area contributed by atoms with Crippen molar-refractivity contribution in [2.75, 3.05) is 26.2 Å². The number of alkyl halides is 28. The average Bonchev–Trinajstić information content (AvgIpc) is 2.40. The van der Waals surface area contributed by atoms with E-state index in [9.17, 15) is 161 Å². The Bertz CT molecular complexity index is 2980. The zero-order valence-corrected chi connectivity index (χ0v) is 39.1. The van der Waals surface area contributed by atoms with E-state index in [0.717, 1.165) is 0 Å². The number of hydrogen-bond donors (Lipinski definition) is 0. The van der Waals surface area contributed by atoms with Gasteiger partial charge in [-0.25, -0.2) is 0 Å². The quantitative estimate of drug-likeness (QED) is 0.101. The summed E-state index contributed by atoms with van der Waals surface area (Å²) in [5.74, 6) is -66.4. The molecule has 0 aliphatic carbocycles. The van der Waals surface area contributed by atoms with Crippen LogP contribution in [0.4, 0.5) is 123 Å². The molecule has 0 radical (unpaired) electrons. The molecule has 4 aliphatic heterocycles. The number of benzene rings is 4. The van der Waals surface area contributed by atoms with E-state index in [-0.39, 0.29) is 0 Å². The zero-order chi connectivity index (χ0) is 64.3. The van der Waals surface area contributed by atoms with Crippen LogP contribution in [0.1, 0.15) is 82.9 Å². The van der Waals surface area contributed by atoms with Crippen molar-refractivity contribution in [2.45, 2.75) is 72.1 Å². The average molecular weight is 1260 g/mol. The van der Waals surface area contributed by atoms with Gasteiger partial charge in [0.25, 0.3) is 47.3 Å². The van der Waals surface area contributed by atoms with Gasteiger partial charge in [-0.1, -0.05) is 0 Å². The molecule has 84 heavy (non-hydrogen) atoms. The normalized spacial score (nSPS) is 17.1. The molecule has 12 nitrogen and oxygen atoms in total. The Hall–Kier alpha value is -8.00. The molecule has 456 valence electrons. The van der Waals surface area contributed by atoms with Crippen molar-refractivity contribution in [3.05, 3.63) is 93.0 Å². The largest absolute Gasteiger partial charge is 0.459 e. The molecule has 0 atom stereocenters. The smallest absolute Gasteiger partial charge is 0.269 e. The first-order valence-electron chi connectivity index (χ1n) is 21.5. The maximum Gasteiger partial charge on any atom is 0.459 e. The third-order valence-corrected chi connectivity index (χ3v) is 12.8. The third kappa shape index (κ3) is 9.11. The zero-order valence-electron chi connectivity index (χ0n) is 39.1. The van der Waals surface area contributed by atoms with E-state index in [1.807, 2.05) is 0 Å². The number of halogens is 28. The standard InChI is InChI=1S/2C22H8F14N2O4/c2*23-17(24,19(27,28)21(31,32)33)5-37-13(39)7-1-2-8-12-10(4-3-9(11(7)12)15(37)41)16(42)38(14(8)40)6-18(25,26)20(29,30)22(34,35)36/h2*1-4H,5-6H2. The van der Waals surface area contributed by atoms with Crippen molar-refractivity contribution in [1.82, 2.24) is 19.6 Å². The van der Waals surface area contributed by atoms with Gasteiger partial charge in [0.05, 0.1) is 26.2 Å². The minimum absolute atomic E-state index is 0.487. The van der Waals surface area contributed by atoms with Crippen molar-refractivity contribution < 1.29 is 161 Å². The van der Waals surface area contributed by atoms with Crippen LogP contribution in [0.2, 0.25) is 0 Å². The van der Waals surface area contributed by atoms with Crippen LogP contribution >= 0.6 is 0 Å². The van der Waals surface area contributed by atoms with E-state index in [4.69, 9.17) is 0 Å². The molecular weight excluding hydrogens is 1240 g/mol. The second-order valence-electron chi connectivity index (χ2n) is 18.0. The van der Waals surface area contributed by atoms with E-state index < -0.39 is 231 Å². The molecule has 4 aromatic rings. The fraction of sp³-hybridized carbons (Fsp3) is 0.364. The van der Waals surface area contributed by atoms with Gasteiger partial charge in [0, 0.05) is 66.1 Å². The fourth-order valence-corrected chi connectivity index (χ4v) is 8.54. The summed E-state index contributed by atoms with van der Waals surface area (Å²) in [4.78, 5) is 99.7. The van der Waals surface area contributed by atoms with E-state index >= 15 is 0 Å². The molecule has 0 unspecified atom stereocenters. The predicted octanol–water partition coefficient (Wildman–Crippen LogP) is 11.4. The van der Waals surface area contributed by atoms with Gasteiger partial charge in [0.1, 0.15) is 0 Å². The second-order valence-corrected chi connectivity index (χ2v) is 18.0. The lowest BCUT2D eigenvalue weighted by atomic mass is 9.85. The topological polar surface area (TPSA) is 150 Å². The third-order valence-electron chi connectivity index (χ3n) is 12.8. The van der Waals surface area contributed by atoms with E-state index in [2.05, 4.69) is 0 Å². The molecule has 0 saturated heterocycles. The monoisotopic (exact) mass is 1260 g/mol. The van der Waals surface area contributed by atoms with Gasteiger partial charge < -0.3 is 0 Å². The first-order chi connectivity index (χ1) is 37.6. The minimum Gasteiger partial charge on any atom is -0.269 e. The Morgan fingerprint density at radius 3 is 0.417 bits per heavy atom. The Balaban J connectivity index is 0.000000241. The van der Waals surface area contributed by atoms with Gasteiger partial charge in [-0.3, -0.25) is 58.0 Å². The van der Waals surface area contributed by atoms with Crippen molar-refractivity contribution >= 4 is 68.8 Å². The highest BCUT2D eigenvalue weighted by molar-refractivity contribution is 6.34. The summed E-state index contributed by atoms with van der Waals surface area (Å²) < 4.78 is 370. The van der Waals surface area contributed by atoms with E-state index in [0.29, 0.717) is 48.5 Å². The summed E-state index contributed by atoms with van der Waals surface area (Å²) in [5.41, 5.74) is -7.34. The lowest BCUT2D eigenvalue weighted by Crippen LogP contribution is -2.59. The maximum atomic E-state index is 14.0. The van der Waals surface area contributed by atoms with Crippen molar-refractivity contribution in [2.24, 2.45) is 0 Å². The Morgan fingerprint density at radius 1 is 0.214 bits per heavy atom. The van der Waals surface area contributed by atoms with E-state index in [1.165, 1.54) is 0 Å². The van der Waals surface area contributed by atoms with Gasteiger partial charge in [-0.15, -0.1) is 0 Å². The molecular formula is C44H16F28N4O8. The van der Waals surface area contributed by atoms with Crippen molar-refractivity contribution in [1.29, 1.82) is 0 Å². The molecule has 4 aliphatic rings. The van der Waals surface area contributed by atoms with Gasteiger partial charge >= 0.3 is 72.1 Å². The minimum atomic E-state index is -6.81. The van der Waals surface area contributed by atoms with Crippen LogP contribution in [0.25, 0.3) is 21.5 Å². The SMILES string of the molecule is O=C1c2ccc3c4c(ccc(c24)C(=O)N1CC(F)(F)C(F)(F)C(F)(F)F)C(=O)N(CC(F)(F)C(F)(F)C(F)(F)F)C3=O.O=C1c2ccc3c4c(ccc(c24)C(=O)N1CC(F)(F)C(F)(F)C(F)(F)F)C(=O)N(CC(F)(F)C(F)(F)C(F)(F)F)C3=O. The molecule has 0 aromatic heterocycles. The molecule has 40 heteroatoms. The highest BCUT2D eigenvalue weighted by Gasteiger charge is 2.77. The number of rotatable bonds is 12. The molecule has 0 spiro atoms. The van der Waals surface area contributed by atoms with Crippen LogP contribution in [0.3, 0.4) is 0 Å². The summed E-state index contributed by atoms with van der Waals surface area (Å²) in [6.45, 7) is -11.2. The predicted molar refractivity (Wildman–Crippen MR) is 213 cm³/mol. The summed E-state index contributed by atoms with van der Waals surface area (Å²) in [6.07, 6.45) is -27.3. The summed E-state index contributed by atoms with van der Waals surface area (Å²) >= 11 is 0. The molecule has 0 saturated carbocycles. The van der Waals surface area contributed by atoms with Crippen LogP contribution in [-0.4, -0.2) is 165 Å². The Morgan fingerprint density at radius 2 is 0.321 bits per heavy atom. The lowest BCUT2D eigenvalue weighted by Gasteiger charge is -2.36. The van der Waals surface area contributed by atoms with Gasteiger partial charge in [0.2, 0.25) is 0 Å². The molecule has 0 bridgehead atoms. The van der Waals surface area contributed by atoms with E-state index in [1.54, 1.807) is 0 Å². The van der Waals surface area contributed by atoms with Crippen molar-refractivity contribution in [3.8, 4) is 0 Å². The van der Waals surface area contributed by atoms with Gasteiger partial charge in [-0.05, 0) is 48.5 Å². The highest BCUT2D eigenvalue weighted by Crippen LogP contribution is 2.52. The number of carbonyl (C=O) groups excluding carboxylic acids is 8. The molecule has 0 N–H and O–H groups in total. The molecule has 4 heterocycles. The number of hydrogen-bond acceptors (Lipinski definition) is 8. The number of imide groups is 4. The van der Waals surface area contributed by atoms with Crippen LogP contribution in [0, 0.1) is 0 Å². The Labute approximate surface area is 441 Å². The molecule has 8 amide bonds. The van der Waals surface area contributed by atoms with Crippen LogP contribution in [-0.2, 0) is 0 Å².